The van der Waals surface area contributed by atoms with E-state index in [0.29, 0.717) is 23.5 Å². The lowest BCUT2D eigenvalue weighted by Crippen LogP contribution is -2.54. The summed E-state index contributed by atoms with van der Waals surface area (Å²) in [6, 6.07) is 24.5. The zero-order valence-electron chi connectivity index (χ0n) is 38.2. The molecule has 316 valence electrons. The van der Waals surface area contributed by atoms with Crippen molar-refractivity contribution in [1.82, 2.24) is 4.98 Å². The maximum atomic E-state index is 6.86. The number of fused-ring (bicyclic) bond motifs is 13. The van der Waals surface area contributed by atoms with Crippen molar-refractivity contribution in [3.63, 3.8) is 0 Å². The van der Waals surface area contributed by atoms with E-state index in [-0.39, 0.29) is 11.5 Å². The molecule has 0 amide bonds. The van der Waals surface area contributed by atoms with Gasteiger partial charge in [0, 0.05) is 51.8 Å². The van der Waals surface area contributed by atoms with Gasteiger partial charge in [0.1, 0.15) is 0 Å². The Morgan fingerprint density at radius 1 is 0.852 bits per heavy atom. The molecule has 5 heteroatoms. The highest BCUT2D eigenvalue weighted by Gasteiger charge is 2.45. The average Bonchev–Trinajstić information content (AvgIpc) is 3.63. The van der Waals surface area contributed by atoms with Gasteiger partial charge in [-0.3, -0.25) is 0 Å². The van der Waals surface area contributed by atoms with E-state index in [4.69, 9.17) is 16.0 Å². The molecular formula is C56H69N3OSi+2. The Morgan fingerprint density at radius 2 is 1.62 bits per heavy atom. The number of pyridine rings is 3. The number of aryl methyl sites for hydroxylation is 1. The van der Waals surface area contributed by atoms with Crippen LogP contribution in [-0.2, 0) is 12.8 Å². The molecule has 6 heterocycles. The smallest absolute Gasteiger partial charge is 0.227 e. The molecule has 2 aromatic carbocycles. The Bertz CT molecular complexity index is 2640. The summed E-state index contributed by atoms with van der Waals surface area (Å²) < 4.78 is 12.1. The second-order valence-electron chi connectivity index (χ2n) is 22.0. The first kappa shape index (κ1) is 40.7. The number of allylic oxidation sites excluding steroid dienone is 1. The molecule has 0 saturated heterocycles. The van der Waals surface area contributed by atoms with E-state index in [1.165, 1.54) is 97.8 Å². The van der Waals surface area contributed by atoms with E-state index in [0.717, 1.165) is 53.7 Å². The van der Waals surface area contributed by atoms with Gasteiger partial charge in [0.25, 0.3) is 0 Å². The van der Waals surface area contributed by atoms with Crippen LogP contribution in [0.4, 0.5) is 0 Å². The second-order valence-corrected chi connectivity index (χ2v) is 27.0. The first-order valence-corrected chi connectivity index (χ1v) is 27.6. The van der Waals surface area contributed by atoms with E-state index in [1.807, 2.05) is 12.3 Å². The molecule has 0 N–H and O–H groups in total. The van der Waals surface area contributed by atoms with Crippen LogP contribution >= 0.6 is 0 Å². The van der Waals surface area contributed by atoms with Crippen LogP contribution < -0.4 is 14.3 Å². The Morgan fingerprint density at radius 3 is 2.38 bits per heavy atom. The molecule has 0 radical (unpaired) electrons. The SMILES string of the molecule is C=C1CC2C(CCc3ccc4c(oc5ncccc54)c3-c3cc(C(C)C4CCCCC4)cc[n+]31)c1cc(C3CCCCC3)ccc1-c1cc(CC(C)(C)C)c([Si](C)(C)C)c[n+]12. The first-order valence-electron chi connectivity index (χ1n) is 24.1. The third-order valence-electron chi connectivity index (χ3n) is 15.5. The van der Waals surface area contributed by atoms with Crippen molar-refractivity contribution in [2.45, 2.75) is 161 Å². The van der Waals surface area contributed by atoms with Crippen molar-refractivity contribution in [2.75, 3.05) is 0 Å². The van der Waals surface area contributed by atoms with E-state index in [2.05, 4.69) is 123 Å². The Balaban J connectivity index is 1.19. The molecule has 0 spiro atoms. The summed E-state index contributed by atoms with van der Waals surface area (Å²) in [5.74, 6) is 2.22. The van der Waals surface area contributed by atoms with Crippen molar-refractivity contribution >= 4 is 41.0 Å². The van der Waals surface area contributed by atoms with Gasteiger partial charge >= 0.3 is 0 Å². The molecule has 4 aliphatic rings. The molecular weight excluding hydrogens is 759 g/mol. The normalized spacial score (nSPS) is 20.7. The van der Waals surface area contributed by atoms with Crippen molar-refractivity contribution in [3.05, 3.63) is 114 Å². The summed E-state index contributed by atoms with van der Waals surface area (Å²) in [5, 5.41) is 3.84. The van der Waals surface area contributed by atoms with E-state index < -0.39 is 8.07 Å². The minimum atomic E-state index is -1.72. The molecule has 0 bridgehead atoms. The van der Waals surface area contributed by atoms with Crippen LogP contribution in [-0.4, -0.2) is 13.1 Å². The number of rotatable bonds is 5. The van der Waals surface area contributed by atoms with Gasteiger partial charge in [0.2, 0.25) is 17.1 Å². The van der Waals surface area contributed by atoms with Crippen LogP contribution in [0.5, 0.6) is 0 Å². The number of benzene rings is 2. The van der Waals surface area contributed by atoms with Crippen molar-refractivity contribution in [2.24, 2.45) is 11.3 Å². The maximum Gasteiger partial charge on any atom is 0.227 e. The van der Waals surface area contributed by atoms with Gasteiger partial charge in [-0.25, -0.2) is 4.98 Å². The van der Waals surface area contributed by atoms with Gasteiger partial charge in [-0.1, -0.05) is 110 Å². The molecule has 2 aliphatic carbocycles. The minimum Gasteiger partial charge on any atom is -0.437 e. The number of furan rings is 1. The zero-order chi connectivity index (χ0) is 42.2. The Hall–Kier alpha value is -4.35. The molecule has 2 fully saturated rings. The van der Waals surface area contributed by atoms with Gasteiger partial charge in [-0.15, -0.1) is 0 Å². The summed E-state index contributed by atoms with van der Waals surface area (Å²) in [7, 11) is -1.72. The Labute approximate surface area is 366 Å². The van der Waals surface area contributed by atoms with Crippen LogP contribution in [0.3, 0.4) is 0 Å². The monoisotopic (exact) mass is 828 g/mol. The maximum absolute atomic E-state index is 6.86. The van der Waals surface area contributed by atoms with E-state index in [1.54, 1.807) is 21.9 Å². The largest absolute Gasteiger partial charge is 0.437 e. The van der Waals surface area contributed by atoms with Crippen molar-refractivity contribution in [3.8, 4) is 22.5 Å². The summed E-state index contributed by atoms with van der Waals surface area (Å²) in [4.78, 5) is 4.73. The summed E-state index contributed by atoms with van der Waals surface area (Å²) in [6.45, 7) is 22.4. The fraction of sp³-hybridized carbons (Fsp3) is 0.482. The van der Waals surface area contributed by atoms with Crippen LogP contribution in [0.15, 0.2) is 90.3 Å². The van der Waals surface area contributed by atoms with Gasteiger partial charge in [-0.05, 0) is 121 Å². The predicted octanol–water partition coefficient (Wildman–Crippen LogP) is 13.9. The summed E-state index contributed by atoms with van der Waals surface area (Å²) in [6.07, 6.45) is 24.3. The van der Waals surface area contributed by atoms with E-state index in [9.17, 15) is 0 Å². The highest BCUT2D eigenvalue weighted by molar-refractivity contribution is 6.89. The highest BCUT2D eigenvalue weighted by atomic mass is 28.3. The number of hydrogen-bond donors (Lipinski definition) is 0. The van der Waals surface area contributed by atoms with Crippen LogP contribution in [0.1, 0.15) is 156 Å². The first-order chi connectivity index (χ1) is 29.3. The fourth-order valence-corrected chi connectivity index (χ4v) is 14.0. The molecule has 10 rings (SSSR count). The lowest BCUT2D eigenvalue weighted by Gasteiger charge is -2.34. The molecule has 4 aromatic heterocycles. The zero-order valence-corrected chi connectivity index (χ0v) is 39.2. The highest BCUT2D eigenvalue weighted by Crippen LogP contribution is 2.48. The van der Waals surface area contributed by atoms with Gasteiger partial charge < -0.3 is 4.42 Å². The standard InChI is InChI=1S/C56H69N3OSi/c1-36-30-49-44(48-31-42(39-18-13-10-14-19-39)23-25-45(48)50-33-43(34-56(3,4)5)52(35-59(49)50)61(6,7)8)24-21-40-22-26-46-47-20-15-28-57-55(47)60-54(46)53(40)51-32-41(27-29-58(36)51)37(2)38-16-11-9-12-17-38/h15,20,22-23,25-29,31-33,35,37-39,44,49H,1,9-14,16-19,21,24,30,34H2,2-8H3/q+2. The van der Waals surface area contributed by atoms with Crippen LogP contribution in [0.2, 0.25) is 19.6 Å². The molecule has 4 nitrogen and oxygen atoms in total. The predicted molar refractivity (Wildman–Crippen MR) is 256 cm³/mol. The molecule has 3 unspecified atom stereocenters. The fourth-order valence-electron chi connectivity index (χ4n) is 12.3. The molecule has 2 aliphatic heterocycles. The number of aromatic nitrogens is 3. The minimum absolute atomic E-state index is 0.200. The number of hydrogen-bond acceptors (Lipinski definition) is 2. The van der Waals surface area contributed by atoms with Crippen molar-refractivity contribution < 1.29 is 13.6 Å². The van der Waals surface area contributed by atoms with E-state index >= 15 is 0 Å². The summed E-state index contributed by atoms with van der Waals surface area (Å²) >= 11 is 0. The molecule has 6 aromatic rings. The molecule has 2 saturated carbocycles. The lowest BCUT2D eigenvalue weighted by atomic mass is 9.74. The Kier molecular flexibility index (Phi) is 10.5. The summed E-state index contributed by atoms with van der Waals surface area (Å²) in [5.41, 5.74) is 15.8. The van der Waals surface area contributed by atoms with Crippen LogP contribution in [0.25, 0.3) is 50.3 Å². The van der Waals surface area contributed by atoms with Crippen LogP contribution in [0, 0.1) is 11.3 Å². The quantitative estimate of drug-likeness (QED) is 0.128. The number of nitrogens with zero attached hydrogens (tertiary/aromatic N) is 3. The topological polar surface area (TPSA) is 33.8 Å². The third kappa shape index (κ3) is 7.55. The molecule has 3 atom stereocenters. The second kappa shape index (κ2) is 15.8. The molecule has 61 heavy (non-hydrogen) atoms. The van der Waals surface area contributed by atoms with Crippen molar-refractivity contribution in [1.29, 1.82) is 0 Å². The average molecular weight is 828 g/mol. The lowest BCUT2D eigenvalue weighted by molar-refractivity contribution is -0.719. The van der Waals surface area contributed by atoms with Gasteiger partial charge in [-0.2, -0.15) is 9.13 Å². The third-order valence-corrected chi connectivity index (χ3v) is 17.6. The van der Waals surface area contributed by atoms with Gasteiger partial charge in [0.05, 0.1) is 20.1 Å². The van der Waals surface area contributed by atoms with Gasteiger partial charge in [0.15, 0.2) is 29.7 Å².